The van der Waals surface area contributed by atoms with Crippen molar-refractivity contribution in [2.45, 2.75) is 0 Å². The van der Waals surface area contributed by atoms with Gasteiger partial charge in [-0.25, -0.2) is 4.98 Å². The van der Waals surface area contributed by atoms with Gasteiger partial charge < -0.3 is 14.6 Å². The van der Waals surface area contributed by atoms with Gasteiger partial charge in [-0.2, -0.15) is 0 Å². The first-order valence-electron chi connectivity index (χ1n) is 4.75. The number of morpholine rings is 1. The minimum Gasteiger partial charge on any atom is -0.378 e. The van der Waals surface area contributed by atoms with Crippen molar-refractivity contribution in [1.82, 2.24) is 9.97 Å². The molecule has 86 valence electrons. The van der Waals surface area contributed by atoms with Crippen molar-refractivity contribution >= 4 is 11.5 Å². The molecule has 2 heterocycles. The van der Waals surface area contributed by atoms with E-state index in [1.54, 1.807) is 4.90 Å². The number of nitrogens with one attached hydrogen (secondary N) is 1. The number of nitro groups is 1. The van der Waals surface area contributed by atoms with E-state index >= 15 is 0 Å². The van der Waals surface area contributed by atoms with Gasteiger partial charge in [0.1, 0.15) is 0 Å². The lowest BCUT2D eigenvalue weighted by atomic mass is 10.3. The van der Waals surface area contributed by atoms with E-state index in [4.69, 9.17) is 4.74 Å². The van der Waals surface area contributed by atoms with Crippen LogP contribution in [0.2, 0.25) is 0 Å². The topological polar surface area (TPSA) is 101 Å². The first-order chi connectivity index (χ1) is 7.70. The van der Waals surface area contributed by atoms with Gasteiger partial charge >= 0.3 is 11.2 Å². The van der Waals surface area contributed by atoms with Crippen molar-refractivity contribution in [3.8, 4) is 0 Å². The fraction of sp³-hybridized carbons (Fsp3) is 0.500. The zero-order chi connectivity index (χ0) is 11.5. The molecule has 0 unspecified atom stereocenters. The van der Waals surface area contributed by atoms with Crippen LogP contribution in [0, 0.1) is 10.1 Å². The second-order valence-corrected chi connectivity index (χ2v) is 3.26. The third-order valence-corrected chi connectivity index (χ3v) is 2.30. The second kappa shape index (κ2) is 4.27. The Hall–Kier alpha value is -1.96. The van der Waals surface area contributed by atoms with E-state index in [1.807, 2.05) is 0 Å². The molecule has 0 spiro atoms. The van der Waals surface area contributed by atoms with Crippen LogP contribution in [-0.2, 0) is 4.74 Å². The quantitative estimate of drug-likeness (QED) is 0.539. The number of hydrogen-bond acceptors (Lipinski definition) is 6. The van der Waals surface area contributed by atoms with Gasteiger partial charge in [0.25, 0.3) is 0 Å². The van der Waals surface area contributed by atoms with Crippen LogP contribution in [0.4, 0.5) is 11.5 Å². The summed E-state index contributed by atoms with van der Waals surface area (Å²) in [6.07, 6.45) is 1.17. The molecule has 1 N–H and O–H groups in total. The highest BCUT2D eigenvalue weighted by atomic mass is 16.6. The highest BCUT2D eigenvalue weighted by Crippen LogP contribution is 2.20. The lowest BCUT2D eigenvalue weighted by Crippen LogP contribution is -2.38. The second-order valence-electron chi connectivity index (χ2n) is 3.26. The molecule has 0 atom stereocenters. The molecule has 2 rings (SSSR count). The van der Waals surface area contributed by atoms with Crippen LogP contribution in [0.15, 0.2) is 11.1 Å². The van der Waals surface area contributed by atoms with Crippen molar-refractivity contribution in [3.05, 3.63) is 26.8 Å². The summed E-state index contributed by atoms with van der Waals surface area (Å²) >= 11 is 0. The molecular formula is C8H10N4O4. The smallest absolute Gasteiger partial charge is 0.375 e. The van der Waals surface area contributed by atoms with Crippen LogP contribution in [-0.4, -0.2) is 41.2 Å². The van der Waals surface area contributed by atoms with Gasteiger partial charge in [-0.3, -0.25) is 14.9 Å². The van der Waals surface area contributed by atoms with Gasteiger partial charge in [0.05, 0.1) is 24.5 Å². The van der Waals surface area contributed by atoms with E-state index in [0.29, 0.717) is 26.3 Å². The van der Waals surface area contributed by atoms with Crippen LogP contribution in [0.3, 0.4) is 0 Å². The lowest BCUT2D eigenvalue weighted by molar-refractivity contribution is -0.385. The Labute approximate surface area is 90.0 Å². The number of anilines is 1. The predicted molar refractivity (Wildman–Crippen MR) is 54.5 cm³/mol. The Kier molecular flexibility index (Phi) is 2.82. The Morgan fingerprint density at radius 1 is 1.50 bits per heavy atom. The largest absolute Gasteiger partial charge is 0.378 e. The molecule has 1 aromatic heterocycles. The fourth-order valence-corrected chi connectivity index (χ4v) is 1.55. The van der Waals surface area contributed by atoms with Crippen molar-refractivity contribution in [2.24, 2.45) is 0 Å². The third kappa shape index (κ3) is 1.87. The van der Waals surface area contributed by atoms with Crippen LogP contribution in [0.5, 0.6) is 0 Å². The number of nitrogens with zero attached hydrogens (tertiary/aromatic N) is 3. The molecule has 16 heavy (non-hydrogen) atoms. The number of H-pyrrole nitrogens is 1. The van der Waals surface area contributed by atoms with Crippen molar-refractivity contribution in [1.29, 1.82) is 0 Å². The van der Waals surface area contributed by atoms with E-state index in [0.717, 1.165) is 0 Å². The summed E-state index contributed by atoms with van der Waals surface area (Å²) in [5.74, 6) is 0.108. The maximum Gasteiger partial charge on any atom is 0.375 e. The molecule has 0 aliphatic carbocycles. The molecule has 0 bridgehead atoms. The van der Waals surface area contributed by atoms with Crippen molar-refractivity contribution < 1.29 is 9.66 Å². The van der Waals surface area contributed by atoms with E-state index in [1.165, 1.54) is 6.33 Å². The summed E-state index contributed by atoms with van der Waals surface area (Å²) in [6.45, 7) is 1.95. The maximum absolute atomic E-state index is 11.3. The van der Waals surface area contributed by atoms with Crippen LogP contribution in [0.1, 0.15) is 0 Å². The Bertz CT molecular complexity index is 452. The average molecular weight is 226 g/mol. The van der Waals surface area contributed by atoms with Gasteiger partial charge in [-0.15, -0.1) is 0 Å². The van der Waals surface area contributed by atoms with Crippen LogP contribution >= 0.6 is 0 Å². The third-order valence-electron chi connectivity index (χ3n) is 2.30. The van der Waals surface area contributed by atoms with Crippen molar-refractivity contribution in [3.63, 3.8) is 0 Å². The Balaban J connectivity index is 2.42. The Morgan fingerprint density at radius 3 is 2.81 bits per heavy atom. The number of rotatable bonds is 2. The zero-order valence-corrected chi connectivity index (χ0v) is 8.38. The van der Waals surface area contributed by atoms with E-state index < -0.39 is 16.2 Å². The molecule has 0 amide bonds. The number of hydrogen-bond donors (Lipinski definition) is 1. The standard InChI is InChI=1S/C8H10N4O4/c13-8-6(12(14)15)7(9-5-10-8)11-1-3-16-4-2-11/h5H,1-4H2,(H,9,10,13). The molecule has 0 radical (unpaired) electrons. The number of ether oxygens (including phenoxy) is 1. The zero-order valence-electron chi connectivity index (χ0n) is 8.38. The fourth-order valence-electron chi connectivity index (χ4n) is 1.55. The van der Waals surface area contributed by atoms with Gasteiger partial charge in [-0.05, 0) is 0 Å². The molecular weight excluding hydrogens is 216 g/mol. The number of aromatic amines is 1. The average Bonchev–Trinajstić information content (AvgIpc) is 2.29. The van der Waals surface area contributed by atoms with Crippen LogP contribution in [0.25, 0.3) is 0 Å². The summed E-state index contributed by atoms with van der Waals surface area (Å²) in [6, 6.07) is 0. The molecule has 1 aromatic rings. The van der Waals surface area contributed by atoms with Gasteiger partial charge in [-0.1, -0.05) is 0 Å². The highest BCUT2D eigenvalue weighted by molar-refractivity contribution is 5.56. The molecule has 0 aromatic carbocycles. The highest BCUT2D eigenvalue weighted by Gasteiger charge is 2.26. The summed E-state index contributed by atoms with van der Waals surface area (Å²) < 4.78 is 5.13. The molecule has 1 aliphatic heterocycles. The summed E-state index contributed by atoms with van der Waals surface area (Å²) in [7, 11) is 0. The van der Waals surface area contributed by atoms with Crippen molar-refractivity contribution in [2.75, 3.05) is 31.2 Å². The maximum atomic E-state index is 11.3. The normalized spacial score (nSPS) is 16.1. The Morgan fingerprint density at radius 2 is 2.19 bits per heavy atom. The van der Waals surface area contributed by atoms with Gasteiger partial charge in [0.2, 0.25) is 5.82 Å². The summed E-state index contributed by atoms with van der Waals surface area (Å²) in [4.78, 5) is 29.1. The van der Waals surface area contributed by atoms with E-state index in [2.05, 4.69) is 9.97 Å². The first kappa shape index (κ1) is 10.6. The summed E-state index contributed by atoms with van der Waals surface area (Å²) in [5.41, 5.74) is -1.24. The first-order valence-corrected chi connectivity index (χ1v) is 4.75. The molecule has 0 saturated carbocycles. The van der Waals surface area contributed by atoms with E-state index in [-0.39, 0.29) is 5.82 Å². The molecule has 1 fully saturated rings. The SMILES string of the molecule is O=c1[nH]cnc(N2CCOCC2)c1[N+](=O)[O-]. The molecule has 1 saturated heterocycles. The minimum absolute atomic E-state index is 0.108. The van der Waals surface area contributed by atoms with E-state index in [9.17, 15) is 14.9 Å². The van der Waals surface area contributed by atoms with Gasteiger partial charge in [0.15, 0.2) is 0 Å². The predicted octanol–water partition coefficient (Wildman–Crippen LogP) is -0.485. The summed E-state index contributed by atoms with van der Waals surface area (Å²) in [5, 5.41) is 10.8. The molecule has 8 nitrogen and oxygen atoms in total. The van der Waals surface area contributed by atoms with Crippen LogP contribution < -0.4 is 10.5 Å². The molecule has 8 heteroatoms. The van der Waals surface area contributed by atoms with Gasteiger partial charge in [0, 0.05) is 13.1 Å². The monoisotopic (exact) mass is 226 g/mol. The lowest BCUT2D eigenvalue weighted by Gasteiger charge is -2.26. The molecule has 1 aliphatic rings. The minimum atomic E-state index is -0.735. The number of aromatic nitrogens is 2.